The van der Waals surface area contributed by atoms with Gasteiger partial charge in [-0.3, -0.25) is 0 Å². The second-order valence-corrected chi connectivity index (χ2v) is 4.43. The molecule has 0 aliphatic carbocycles. The van der Waals surface area contributed by atoms with Crippen molar-refractivity contribution in [3.05, 3.63) is 36.7 Å². The average Bonchev–Trinajstić information content (AvgIpc) is 3.09. The van der Waals surface area contributed by atoms with Crippen LogP contribution in [0.25, 0.3) is 11.0 Å². The molecule has 0 unspecified atom stereocenters. The first-order valence-electron chi connectivity index (χ1n) is 6.37. The Hall–Kier alpha value is -2.41. The lowest BCUT2D eigenvalue weighted by Gasteiger charge is -2.12. The number of aliphatic hydroxyl groups is 1. The van der Waals surface area contributed by atoms with E-state index in [1.807, 2.05) is 19.1 Å². The predicted octanol–water partition coefficient (Wildman–Crippen LogP) is 1.58. The van der Waals surface area contributed by atoms with Crippen LogP contribution in [0.1, 0.15) is 18.7 Å². The molecule has 0 amide bonds. The number of anilines is 1. The van der Waals surface area contributed by atoms with Gasteiger partial charge in [0.2, 0.25) is 0 Å². The van der Waals surface area contributed by atoms with Crippen molar-refractivity contribution in [2.24, 2.45) is 0 Å². The van der Waals surface area contributed by atoms with E-state index in [0.29, 0.717) is 18.0 Å². The molecule has 0 fully saturated rings. The summed E-state index contributed by atoms with van der Waals surface area (Å²) in [6.07, 6.45) is 4.82. The van der Waals surface area contributed by atoms with Gasteiger partial charge >= 0.3 is 0 Å². The third kappa shape index (κ3) is 2.23. The van der Waals surface area contributed by atoms with Crippen molar-refractivity contribution in [2.45, 2.75) is 19.5 Å². The van der Waals surface area contributed by atoms with Gasteiger partial charge in [0, 0.05) is 0 Å². The smallest absolute Gasteiger partial charge is 0.163 e. The zero-order valence-corrected chi connectivity index (χ0v) is 11.0. The third-order valence-corrected chi connectivity index (χ3v) is 3.07. The molecule has 3 aromatic heterocycles. The van der Waals surface area contributed by atoms with E-state index in [9.17, 15) is 0 Å². The molecule has 20 heavy (non-hydrogen) atoms. The van der Waals surface area contributed by atoms with Crippen LogP contribution >= 0.6 is 0 Å². The molecule has 3 rings (SSSR count). The number of nitrogens with zero attached hydrogens (tertiary/aromatic N) is 4. The van der Waals surface area contributed by atoms with E-state index in [1.165, 1.54) is 6.33 Å². The molecule has 2 N–H and O–H groups in total. The number of furan rings is 1. The molecule has 3 heterocycles. The van der Waals surface area contributed by atoms with Crippen molar-refractivity contribution in [1.82, 2.24) is 19.7 Å². The first-order valence-corrected chi connectivity index (χ1v) is 6.37. The molecular formula is C13H15N5O2. The van der Waals surface area contributed by atoms with Gasteiger partial charge in [0.25, 0.3) is 0 Å². The van der Waals surface area contributed by atoms with E-state index >= 15 is 0 Å². The Labute approximate surface area is 115 Å². The lowest BCUT2D eigenvalue weighted by atomic mass is 10.2. The number of hydrogen-bond acceptors (Lipinski definition) is 6. The minimum absolute atomic E-state index is 0.00991. The fourth-order valence-electron chi connectivity index (χ4n) is 2.08. The standard InChI is InChI=1S/C13H15N5O2/c1-9(11-3-2-6-20-11)17-12-10-7-16-18(4-5-19)13(10)15-8-14-12/h2-3,6-9,19H,4-5H2,1H3,(H,14,15,17)/t9-/m0/s1. The quantitative estimate of drug-likeness (QED) is 0.733. The van der Waals surface area contributed by atoms with E-state index in [0.717, 1.165) is 11.1 Å². The maximum absolute atomic E-state index is 9.00. The number of fused-ring (bicyclic) bond motifs is 1. The van der Waals surface area contributed by atoms with E-state index in [4.69, 9.17) is 9.52 Å². The molecule has 104 valence electrons. The fraction of sp³-hybridized carbons (Fsp3) is 0.308. The SMILES string of the molecule is C[C@H](Nc1ncnc2c1cnn2CCO)c1ccco1. The minimum atomic E-state index is -0.00991. The zero-order valence-electron chi connectivity index (χ0n) is 11.0. The lowest BCUT2D eigenvalue weighted by molar-refractivity contribution is 0.271. The van der Waals surface area contributed by atoms with Gasteiger partial charge in [0.05, 0.1) is 37.0 Å². The van der Waals surface area contributed by atoms with Crippen LogP contribution in [-0.2, 0) is 6.54 Å². The van der Waals surface area contributed by atoms with Gasteiger partial charge in [-0.15, -0.1) is 0 Å². The molecule has 0 aliphatic rings. The monoisotopic (exact) mass is 273 g/mol. The number of rotatable bonds is 5. The first-order chi connectivity index (χ1) is 9.79. The Morgan fingerprint density at radius 3 is 3.10 bits per heavy atom. The highest BCUT2D eigenvalue weighted by molar-refractivity contribution is 5.86. The molecule has 0 saturated carbocycles. The Morgan fingerprint density at radius 2 is 2.35 bits per heavy atom. The third-order valence-electron chi connectivity index (χ3n) is 3.07. The van der Waals surface area contributed by atoms with Gasteiger partial charge in [-0.05, 0) is 19.1 Å². The van der Waals surface area contributed by atoms with E-state index in [-0.39, 0.29) is 12.6 Å². The second kappa shape index (κ2) is 5.30. The van der Waals surface area contributed by atoms with Crippen molar-refractivity contribution >= 4 is 16.9 Å². The van der Waals surface area contributed by atoms with Gasteiger partial charge in [0.15, 0.2) is 5.65 Å². The van der Waals surface area contributed by atoms with Crippen molar-refractivity contribution in [1.29, 1.82) is 0 Å². The maximum Gasteiger partial charge on any atom is 0.163 e. The lowest BCUT2D eigenvalue weighted by Crippen LogP contribution is -2.08. The van der Waals surface area contributed by atoms with Gasteiger partial charge < -0.3 is 14.8 Å². The molecule has 7 nitrogen and oxygen atoms in total. The Kier molecular flexibility index (Phi) is 3.34. The molecular weight excluding hydrogens is 258 g/mol. The highest BCUT2D eigenvalue weighted by Gasteiger charge is 2.13. The van der Waals surface area contributed by atoms with Crippen LogP contribution in [0.3, 0.4) is 0 Å². The molecule has 0 saturated heterocycles. The normalized spacial score (nSPS) is 12.7. The summed E-state index contributed by atoms with van der Waals surface area (Å²) in [4.78, 5) is 8.46. The van der Waals surface area contributed by atoms with E-state index < -0.39 is 0 Å². The van der Waals surface area contributed by atoms with Crippen LogP contribution in [-0.4, -0.2) is 31.5 Å². The summed E-state index contributed by atoms with van der Waals surface area (Å²) in [6, 6.07) is 3.75. The van der Waals surface area contributed by atoms with E-state index in [2.05, 4.69) is 20.4 Å². The topological polar surface area (TPSA) is 89.0 Å². The molecule has 3 aromatic rings. The summed E-state index contributed by atoms with van der Waals surface area (Å²) in [5.74, 6) is 1.53. The molecule has 0 bridgehead atoms. The van der Waals surface area contributed by atoms with Crippen molar-refractivity contribution in [3.63, 3.8) is 0 Å². The predicted molar refractivity (Wildman–Crippen MR) is 73.2 cm³/mol. The number of aliphatic hydroxyl groups excluding tert-OH is 1. The summed E-state index contributed by atoms with van der Waals surface area (Å²) in [5.41, 5.74) is 0.697. The van der Waals surface area contributed by atoms with Gasteiger partial charge in [0.1, 0.15) is 17.9 Å². The molecule has 0 radical (unpaired) electrons. The van der Waals surface area contributed by atoms with Crippen LogP contribution in [0, 0.1) is 0 Å². The summed E-state index contributed by atoms with van der Waals surface area (Å²) in [6.45, 7) is 2.42. The molecule has 0 spiro atoms. The van der Waals surface area contributed by atoms with Crippen LogP contribution in [0.2, 0.25) is 0 Å². The van der Waals surface area contributed by atoms with Gasteiger partial charge in [-0.25, -0.2) is 14.6 Å². The molecule has 7 heteroatoms. The molecule has 0 aromatic carbocycles. The van der Waals surface area contributed by atoms with Crippen molar-refractivity contribution in [2.75, 3.05) is 11.9 Å². The van der Waals surface area contributed by atoms with Crippen LogP contribution in [0.15, 0.2) is 35.3 Å². The molecule has 1 atom stereocenters. The summed E-state index contributed by atoms with van der Waals surface area (Å²) in [5, 5.41) is 17.3. The fourth-order valence-corrected chi connectivity index (χ4v) is 2.08. The number of hydrogen-bond donors (Lipinski definition) is 2. The van der Waals surface area contributed by atoms with Crippen LogP contribution in [0.4, 0.5) is 5.82 Å². The second-order valence-electron chi connectivity index (χ2n) is 4.43. The van der Waals surface area contributed by atoms with Gasteiger partial charge in [-0.1, -0.05) is 0 Å². The highest BCUT2D eigenvalue weighted by atomic mass is 16.3. The summed E-state index contributed by atoms with van der Waals surface area (Å²) in [7, 11) is 0. The van der Waals surface area contributed by atoms with Crippen molar-refractivity contribution in [3.8, 4) is 0 Å². The Balaban J connectivity index is 1.92. The maximum atomic E-state index is 9.00. The highest BCUT2D eigenvalue weighted by Crippen LogP contribution is 2.23. The van der Waals surface area contributed by atoms with Gasteiger partial charge in [-0.2, -0.15) is 5.10 Å². The number of aromatic nitrogens is 4. The molecule has 0 aliphatic heterocycles. The summed E-state index contributed by atoms with van der Waals surface area (Å²) >= 11 is 0. The largest absolute Gasteiger partial charge is 0.467 e. The first kappa shape index (κ1) is 12.6. The Bertz CT molecular complexity index is 692. The summed E-state index contributed by atoms with van der Waals surface area (Å²) < 4.78 is 7.02. The van der Waals surface area contributed by atoms with Crippen LogP contribution < -0.4 is 5.32 Å². The van der Waals surface area contributed by atoms with Crippen molar-refractivity contribution < 1.29 is 9.52 Å². The minimum Gasteiger partial charge on any atom is -0.467 e. The van der Waals surface area contributed by atoms with E-state index in [1.54, 1.807) is 17.1 Å². The Morgan fingerprint density at radius 1 is 1.45 bits per heavy atom. The average molecular weight is 273 g/mol. The van der Waals surface area contributed by atoms with Crippen LogP contribution in [0.5, 0.6) is 0 Å². The number of nitrogens with one attached hydrogen (secondary N) is 1. The zero-order chi connectivity index (χ0) is 13.9.